The Morgan fingerprint density at radius 2 is 1.82 bits per heavy atom. The lowest BCUT2D eigenvalue weighted by molar-refractivity contribution is -0.146. The number of carbonyl (C=O) groups is 4. The average molecular weight is 867 g/mol. The molecule has 3 aliphatic carbocycles. The highest BCUT2D eigenvalue weighted by Gasteiger charge is 2.61. The second-order valence-electron chi connectivity index (χ2n) is 17.9. The van der Waals surface area contributed by atoms with Gasteiger partial charge in [0.25, 0.3) is 0 Å². The highest BCUT2D eigenvalue weighted by molar-refractivity contribution is 7.14. The van der Waals surface area contributed by atoms with Crippen molar-refractivity contribution in [2.24, 2.45) is 29.1 Å². The van der Waals surface area contributed by atoms with Gasteiger partial charge in [-0.15, -0.1) is 17.9 Å². The summed E-state index contributed by atoms with van der Waals surface area (Å²) in [5.74, 6) is -0.300. The normalized spacial score (nSPS) is 27.2. The molecule has 0 bridgehead atoms. The van der Waals surface area contributed by atoms with E-state index in [1.807, 2.05) is 40.0 Å². The van der Waals surface area contributed by atoms with Crippen LogP contribution in [0, 0.1) is 29.1 Å². The Hall–Kier alpha value is -4.67. The third-order valence-electron chi connectivity index (χ3n) is 12.2. The predicted molar refractivity (Wildman–Crippen MR) is 227 cm³/mol. The van der Waals surface area contributed by atoms with E-state index < -0.39 is 58.9 Å². The molecule has 17 heteroatoms. The molecule has 3 unspecified atom stereocenters. The highest BCUT2D eigenvalue weighted by atomic mass is 35.5. The van der Waals surface area contributed by atoms with Gasteiger partial charge < -0.3 is 44.9 Å². The molecule has 1 aromatic carbocycles. The Bertz CT molecular complexity index is 2150. The summed E-state index contributed by atoms with van der Waals surface area (Å²) in [5, 5.41) is 22.4. The molecule has 3 amide bonds. The zero-order valence-electron chi connectivity index (χ0n) is 35.1. The fourth-order valence-electron chi connectivity index (χ4n) is 8.69. The Labute approximate surface area is 358 Å². The van der Waals surface area contributed by atoms with Crippen LogP contribution in [0.25, 0.3) is 22.3 Å². The Balaban J connectivity index is 1.20. The molecule has 4 N–H and O–H groups in total. The monoisotopic (exact) mass is 866 g/mol. The number of halogens is 1. The molecule has 3 heterocycles. The van der Waals surface area contributed by atoms with Gasteiger partial charge in [-0.05, 0) is 68.4 Å². The van der Waals surface area contributed by atoms with Crippen molar-refractivity contribution >= 4 is 62.8 Å². The molecule has 0 radical (unpaired) electrons. The number of anilines is 1. The molecule has 2 aromatic heterocycles. The number of pyridine rings is 1. The first-order chi connectivity index (χ1) is 28.4. The van der Waals surface area contributed by atoms with Gasteiger partial charge in [0.1, 0.15) is 58.7 Å². The number of carboxylic acids is 1. The number of aliphatic carboxylic acids is 1. The van der Waals surface area contributed by atoms with E-state index in [1.54, 1.807) is 25.3 Å². The number of rotatable bonds is 16. The number of nitrogens with zero attached hydrogens (tertiary/aromatic N) is 3. The number of carbonyl (C=O) groups excluding carboxylic acids is 3. The summed E-state index contributed by atoms with van der Waals surface area (Å²) in [5.41, 5.74) is -0.902. The van der Waals surface area contributed by atoms with Gasteiger partial charge >= 0.3 is 12.1 Å². The van der Waals surface area contributed by atoms with Gasteiger partial charge in [0.2, 0.25) is 11.8 Å². The summed E-state index contributed by atoms with van der Waals surface area (Å²) in [6.45, 7) is 16.0. The van der Waals surface area contributed by atoms with Gasteiger partial charge in [0.15, 0.2) is 5.13 Å². The summed E-state index contributed by atoms with van der Waals surface area (Å²) in [4.78, 5) is 65.9. The van der Waals surface area contributed by atoms with Crippen LogP contribution in [0.5, 0.6) is 11.5 Å². The molecule has 0 spiro atoms. The van der Waals surface area contributed by atoms with E-state index in [1.165, 1.54) is 22.3 Å². The number of nitrogens with one attached hydrogen (secondary N) is 3. The number of hydrogen-bond acceptors (Lipinski definition) is 12. The number of aromatic nitrogens is 2. The number of methoxy groups -OCH3 is 1. The molecule has 1 saturated heterocycles. The topological polar surface area (TPSA) is 191 Å². The molecular weight excluding hydrogens is 812 g/mol. The van der Waals surface area contributed by atoms with Gasteiger partial charge in [-0.3, -0.25) is 9.59 Å². The van der Waals surface area contributed by atoms with Gasteiger partial charge in [-0.25, -0.2) is 19.6 Å². The van der Waals surface area contributed by atoms with Crippen molar-refractivity contribution < 1.29 is 43.2 Å². The van der Waals surface area contributed by atoms with Crippen molar-refractivity contribution in [1.82, 2.24) is 25.5 Å². The fraction of sp³-hybridized carbons (Fsp3) is 0.581. The van der Waals surface area contributed by atoms with E-state index >= 15 is 0 Å². The lowest BCUT2D eigenvalue weighted by atomic mass is 9.85. The number of hydrogen-bond donors (Lipinski definition) is 4. The first-order valence-corrected chi connectivity index (χ1v) is 21.8. The number of fused-ring (bicyclic) bond motifs is 2. The SMILES string of the molecule is C=C[C@@H]1C[C@]1(NC(=O)[C@@H]1CC(Oc2cc(-c3csc(NC(C)C)n3)nc3c(Cl)c(OCCOC)ccc23)CN1C(=O)[C@@H](NC(=O)OC1C[C@@H]2C(C)[C@@H]2C1)C(C)(C)C)C(=O)O. The quantitative estimate of drug-likeness (QED) is 0.0901. The second-order valence-corrected chi connectivity index (χ2v) is 19.1. The standard InChI is InChI=1S/C43H55ClN6O9S/c1-9-23-18-43(23,39(53)54)49-37(51)31-16-25(19-50(31)38(52)36(42(5,6)7)48-41(55)59-24-14-27-22(4)28(27)15-24)58-33-17-29(30-20-60-40(47-30)45-21(2)3)46-35-26(33)10-11-32(34(35)44)57-13-12-56-8/h9-11,17,20-25,27-28,31,36H,1,12-16,18-19H2,2-8H3,(H,45,47)(H,48,55)(H,49,51)(H,53,54)/t22?,23-,24?,25?,27-,28+,31+,36-,43-/m1/s1. The molecule has 324 valence electrons. The van der Waals surface area contributed by atoms with Crippen molar-refractivity contribution in [2.75, 3.05) is 32.2 Å². The van der Waals surface area contributed by atoms with Gasteiger partial charge in [-0.2, -0.15) is 0 Å². The fourth-order valence-corrected chi connectivity index (χ4v) is 9.81. The van der Waals surface area contributed by atoms with Gasteiger partial charge in [0, 0.05) is 42.3 Å². The maximum atomic E-state index is 14.8. The smallest absolute Gasteiger partial charge is 0.408 e. The van der Waals surface area contributed by atoms with Gasteiger partial charge in [0.05, 0.1) is 24.4 Å². The van der Waals surface area contributed by atoms with E-state index in [-0.39, 0.29) is 43.2 Å². The lowest BCUT2D eigenvalue weighted by Crippen LogP contribution is -2.59. The first-order valence-electron chi connectivity index (χ1n) is 20.5. The zero-order chi connectivity index (χ0) is 43.3. The number of alkyl carbamates (subject to hydrolysis) is 1. The largest absolute Gasteiger partial charge is 0.490 e. The maximum absolute atomic E-state index is 14.8. The summed E-state index contributed by atoms with van der Waals surface area (Å²) >= 11 is 8.38. The summed E-state index contributed by atoms with van der Waals surface area (Å²) in [7, 11) is 1.58. The van der Waals surface area contributed by atoms with E-state index in [2.05, 4.69) is 29.5 Å². The molecule has 3 aromatic rings. The van der Waals surface area contributed by atoms with Crippen LogP contribution in [0.15, 0.2) is 36.2 Å². The predicted octanol–water partition coefficient (Wildman–Crippen LogP) is 6.54. The zero-order valence-corrected chi connectivity index (χ0v) is 36.7. The highest BCUT2D eigenvalue weighted by Crippen LogP contribution is 2.57. The van der Waals surface area contributed by atoms with Crippen LogP contribution in [-0.4, -0.2) is 107 Å². The summed E-state index contributed by atoms with van der Waals surface area (Å²) in [6, 6.07) is 3.17. The van der Waals surface area contributed by atoms with Crippen molar-refractivity contribution in [3.63, 3.8) is 0 Å². The number of carboxylic acid groups (broad SMARTS) is 1. The molecule has 9 atom stereocenters. The maximum Gasteiger partial charge on any atom is 0.408 e. The minimum absolute atomic E-state index is 0.0145. The van der Waals surface area contributed by atoms with Crippen LogP contribution in [0.3, 0.4) is 0 Å². The molecule has 4 fully saturated rings. The molecule has 7 rings (SSSR count). The molecular formula is C43H55ClN6O9S. The van der Waals surface area contributed by atoms with Crippen LogP contribution >= 0.6 is 22.9 Å². The molecule has 1 aliphatic heterocycles. The number of thiazole rings is 1. The van der Waals surface area contributed by atoms with Crippen molar-refractivity contribution in [2.45, 2.75) is 103 Å². The van der Waals surface area contributed by atoms with Crippen molar-refractivity contribution in [1.29, 1.82) is 0 Å². The molecule has 15 nitrogen and oxygen atoms in total. The molecule has 3 saturated carbocycles. The lowest BCUT2D eigenvalue weighted by Gasteiger charge is -2.35. The minimum atomic E-state index is -1.54. The minimum Gasteiger partial charge on any atom is -0.490 e. The van der Waals surface area contributed by atoms with Crippen molar-refractivity contribution in [3.8, 4) is 22.9 Å². The Kier molecular flexibility index (Phi) is 12.3. The Morgan fingerprint density at radius 1 is 1.08 bits per heavy atom. The van der Waals surface area contributed by atoms with Crippen molar-refractivity contribution in [3.05, 3.63) is 41.3 Å². The summed E-state index contributed by atoms with van der Waals surface area (Å²) < 4.78 is 23.6. The van der Waals surface area contributed by atoms with Crippen LogP contribution in [0.2, 0.25) is 5.02 Å². The van der Waals surface area contributed by atoms with Crippen LogP contribution in [0.1, 0.15) is 67.2 Å². The first kappa shape index (κ1) is 43.4. The van der Waals surface area contributed by atoms with Crippen LogP contribution < -0.4 is 25.4 Å². The number of ether oxygens (including phenoxy) is 4. The van der Waals surface area contributed by atoms with E-state index in [0.29, 0.717) is 63.3 Å². The number of likely N-dealkylation sites (tertiary alicyclic amines) is 1. The van der Waals surface area contributed by atoms with E-state index in [9.17, 15) is 24.3 Å². The molecule has 60 heavy (non-hydrogen) atoms. The van der Waals surface area contributed by atoms with E-state index in [4.69, 9.17) is 40.5 Å². The summed E-state index contributed by atoms with van der Waals surface area (Å²) in [6.07, 6.45) is 1.62. The van der Waals surface area contributed by atoms with Crippen LogP contribution in [0.4, 0.5) is 9.93 Å². The third kappa shape index (κ3) is 8.87. The molecule has 4 aliphatic rings. The van der Waals surface area contributed by atoms with E-state index in [0.717, 1.165) is 12.8 Å². The number of amides is 3. The number of benzene rings is 1. The Morgan fingerprint density at radius 3 is 2.45 bits per heavy atom. The average Bonchev–Trinajstić information content (AvgIpc) is 3.68. The van der Waals surface area contributed by atoms with Crippen LogP contribution in [-0.2, 0) is 23.9 Å². The third-order valence-corrected chi connectivity index (χ3v) is 13.4. The second kappa shape index (κ2) is 17.0. The van der Waals surface area contributed by atoms with Gasteiger partial charge in [-0.1, -0.05) is 45.4 Å².